The number of rotatable bonds is 4. The zero-order valence-electron chi connectivity index (χ0n) is 12.0. The van der Waals surface area contributed by atoms with E-state index in [-0.39, 0.29) is 0 Å². The lowest BCUT2D eigenvalue weighted by Crippen LogP contribution is -2.34. The summed E-state index contributed by atoms with van der Waals surface area (Å²) in [5.41, 5.74) is 1.51. The van der Waals surface area contributed by atoms with E-state index in [0.717, 1.165) is 5.56 Å². The zero-order valence-corrected chi connectivity index (χ0v) is 12.0. The summed E-state index contributed by atoms with van der Waals surface area (Å²) < 4.78 is 4.90. The molecule has 2 aromatic carbocycles. The van der Waals surface area contributed by atoms with Crippen molar-refractivity contribution in [1.82, 2.24) is 5.32 Å². The number of hydrogen-bond donors (Lipinski definition) is 1. The highest BCUT2D eigenvalue weighted by Crippen LogP contribution is 2.08. The molecule has 2 aromatic rings. The summed E-state index contributed by atoms with van der Waals surface area (Å²) in [4.78, 5) is 35.2. The minimum absolute atomic E-state index is 0.362. The fraction of sp³-hybridized carbons (Fsp3) is 0.118. The van der Waals surface area contributed by atoms with Crippen LogP contribution in [0.2, 0.25) is 0 Å². The van der Waals surface area contributed by atoms with Crippen LogP contribution < -0.4 is 5.32 Å². The van der Waals surface area contributed by atoms with Crippen LogP contribution in [-0.4, -0.2) is 24.4 Å². The second-order valence-electron chi connectivity index (χ2n) is 4.63. The Bertz CT molecular complexity index is 695. The van der Waals surface area contributed by atoms with E-state index in [1.807, 2.05) is 0 Å². The number of ether oxygens (including phenoxy) is 1. The summed E-state index contributed by atoms with van der Waals surface area (Å²) in [5.74, 6) is -1.80. The molecule has 0 atom stereocenters. The number of esters is 1. The first kappa shape index (κ1) is 15.4. The molecule has 0 saturated carbocycles. The molecule has 5 heteroatoms. The molecule has 0 saturated heterocycles. The summed E-state index contributed by atoms with van der Waals surface area (Å²) in [6.45, 7) is 1.27. The molecule has 0 heterocycles. The monoisotopic (exact) mass is 297 g/mol. The Morgan fingerprint density at radius 1 is 0.955 bits per heavy atom. The van der Waals surface area contributed by atoms with Gasteiger partial charge in [0.25, 0.3) is 11.8 Å². The van der Waals surface area contributed by atoms with Crippen LogP contribution in [0.25, 0.3) is 0 Å². The molecular weight excluding hydrogens is 282 g/mol. The van der Waals surface area contributed by atoms with Crippen molar-refractivity contribution in [3.63, 3.8) is 0 Å². The van der Waals surface area contributed by atoms with Gasteiger partial charge in [0.15, 0.2) is 6.61 Å². The molecule has 0 bridgehead atoms. The third kappa shape index (κ3) is 4.02. The van der Waals surface area contributed by atoms with E-state index >= 15 is 0 Å². The van der Waals surface area contributed by atoms with Crippen molar-refractivity contribution in [2.24, 2.45) is 0 Å². The van der Waals surface area contributed by atoms with E-state index in [0.29, 0.717) is 11.1 Å². The maximum atomic E-state index is 11.8. The Morgan fingerprint density at radius 3 is 2.27 bits per heavy atom. The quantitative estimate of drug-likeness (QED) is 0.877. The van der Waals surface area contributed by atoms with Crippen LogP contribution in [0.15, 0.2) is 54.6 Å². The average molecular weight is 297 g/mol. The Kier molecular flexibility index (Phi) is 5.03. The molecule has 2 amide bonds. The highest BCUT2D eigenvalue weighted by Gasteiger charge is 2.14. The first-order valence-electron chi connectivity index (χ1n) is 6.70. The van der Waals surface area contributed by atoms with Gasteiger partial charge in [-0.25, -0.2) is 4.79 Å². The summed E-state index contributed by atoms with van der Waals surface area (Å²) in [5, 5.41) is 2.16. The average Bonchev–Trinajstić information content (AvgIpc) is 2.54. The largest absolute Gasteiger partial charge is 0.452 e. The fourth-order valence-corrected chi connectivity index (χ4v) is 1.84. The predicted octanol–water partition coefficient (Wildman–Crippen LogP) is 2.11. The normalized spacial score (nSPS) is 9.86. The van der Waals surface area contributed by atoms with Crippen LogP contribution in [0.4, 0.5) is 0 Å². The number of aryl methyl sites for hydroxylation is 1. The minimum atomic E-state index is -0.671. The molecule has 112 valence electrons. The maximum Gasteiger partial charge on any atom is 0.338 e. The summed E-state index contributed by atoms with van der Waals surface area (Å²) in [6, 6.07) is 15.2. The van der Waals surface area contributed by atoms with Crippen LogP contribution in [0.1, 0.15) is 26.3 Å². The van der Waals surface area contributed by atoms with Crippen LogP contribution >= 0.6 is 0 Å². The molecule has 1 N–H and O–H groups in total. The molecule has 5 nitrogen and oxygen atoms in total. The van der Waals surface area contributed by atoms with E-state index in [9.17, 15) is 14.4 Å². The van der Waals surface area contributed by atoms with Crippen LogP contribution in [0.3, 0.4) is 0 Å². The standard InChI is InChI=1S/C17H15NO4/c1-12-7-5-6-10-14(12)17(21)22-11-15(19)18-16(20)13-8-3-2-4-9-13/h2-10H,11H2,1H3,(H,18,19,20). The predicted molar refractivity (Wildman–Crippen MR) is 80.4 cm³/mol. The van der Waals surface area contributed by atoms with Crippen LogP contribution in [0.5, 0.6) is 0 Å². The molecule has 0 fully saturated rings. The second kappa shape index (κ2) is 7.17. The Balaban J connectivity index is 1.87. The van der Waals surface area contributed by atoms with Crippen molar-refractivity contribution in [1.29, 1.82) is 0 Å². The van der Waals surface area contributed by atoms with E-state index in [1.165, 1.54) is 0 Å². The first-order valence-corrected chi connectivity index (χ1v) is 6.70. The number of carbonyl (C=O) groups is 3. The summed E-state index contributed by atoms with van der Waals surface area (Å²) in [7, 11) is 0. The Morgan fingerprint density at radius 2 is 1.59 bits per heavy atom. The SMILES string of the molecule is Cc1ccccc1C(=O)OCC(=O)NC(=O)c1ccccc1. The van der Waals surface area contributed by atoms with Gasteiger partial charge in [-0.3, -0.25) is 14.9 Å². The molecule has 0 aliphatic heterocycles. The van der Waals surface area contributed by atoms with Crippen molar-refractivity contribution in [2.75, 3.05) is 6.61 Å². The molecule has 2 rings (SSSR count). The number of hydrogen-bond acceptors (Lipinski definition) is 4. The van der Waals surface area contributed by atoms with Gasteiger partial charge in [-0.05, 0) is 30.7 Å². The lowest BCUT2D eigenvalue weighted by Gasteiger charge is -2.07. The number of benzene rings is 2. The molecule has 0 aliphatic rings. The molecule has 0 unspecified atom stereocenters. The highest BCUT2D eigenvalue weighted by atomic mass is 16.5. The molecule has 0 aromatic heterocycles. The summed E-state index contributed by atoms with van der Waals surface area (Å²) >= 11 is 0. The van der Waals surface area contributed by atoms with E-state index in [1.54, 1.807) is 61.5 Å². The maximum absolute atomic E-state index is 11.8. The topological polar surface area (TPSA) is 72.5 Å². The third-order valence-corrected chi connectivity index (χ3v) is 2.99. The van der Waals surface area contributed by atoms with E-state index in [4.69, 9.17) is 4.74 Å². The van der Waals surface area contributed by atoms with Gasteiger partial charge in [-0.2, -0.15) is 0 Å². The Hall–Kier alpha value is -2.95. The van der Waals surface area contributed by atoms with E-state index in [2.05, 4.69) is 5.32 Å². The van der Waals surface area contributed by atoms with E-state index < -0.39 is 24.4 Å². The van der Waals surface area contributed by atoms with Crippen molar-refractivity contribution in [3.8, 4) is 0 Å². The van der Waals surface area contributed by atoms with Crippen LogP contribution in [-0.2, 0) is 9.53 Å². The lowest BCUT2D eigenvalue weighted by molar-refractivity contribution is -0.123. The smallest absolute Gasteiger partial charge is 0.338 e. The number of nitrogens with one attached hydrogen (secondary N) is 1. The number of amides is 2. The van der Waals surface area contributed by atoms with Crippen LogP contribution in [0, 0.1) is 6.92 Å². The van der Waals surface area contributed by atoms with Gasteiger partial charge >= 0.3 is 5.97 Å². The molecule has 0 radical (unpaired) electrons. The molecule has 22 heavy (non-hydrogen) atoms. The van der Waals surface area contributed by atoms with Crippen molar-refractivity contribution >= 4 is 17.8 Å². The van der Waals surface area contributed by atoms with Crippen molar-refractivity contribution in [3.05, 3.63) is 71.3 Å². The minimum Gasteiger partial charge on any atom is -0.452 e. The van der Waals surface area contributed by atoms with Gasteiger partial charge < -0.3 is 4.74 Å². The zero-order chi connectivity index (χ0) is 15.9. The number of imide groups is 1. The second-order valence-corrected chi connectivity index (χ2v) is 4.63. The molecule has 0 spiro atoms. The lowest BCUT2D eigenvalue weighted by atomic mass is 10.1. The van der Waals surface area contributed by atoms with Crippen molar-refractivity contribution < 1.29 is 19.1 Å². The third-order valence-electron chi connectivity index (χ3n) is 2.99. The van der Waals surface area contributed by atoms with Gasteiger partial charge in [0.2, 0.25) is 0 Å². The highest BCUT2D eigenvalue weighted by molar-refractivity contribution is 6.05. The van der Waals surface area contributed by atoms with Gasteiger partial charge in [0.05, 0.1) is 5.56 Å². The van der Waals surface area contributed by atoms with Gasteiger partial charge in [0, 0.05) is 5.56 Å². The van der Waals surface area contributed by atoms with Crippen molar-refractivity contribution in [2.45, 2.75) is 6.92 Å². The fourth-order valence-electron chi connectivity index (χ4n) is 1.84. The van der Waals surface area contributed by atoms with Gasteiger partial charge in [-0.1, -0.05) is 36.4 Å². The molecular formula is C17H15NO4. The first-order chi connectivity index (χ1) is 10.6. The van der Waals surface area contributed by atoms with Gasteiger partial charge in [0.1, 0.15) is 0 Å². The number of carbonyl (C=O) groups excluding carboxylic acids is 3. The Labute approximate surface area is 127 Å². The summed E-state index contributed by atoms with van der Waals surface area (Å²) in [6.07, 6.45) is 0. The molecule has 0 aliphatic carbocycles. The van der Waals surface area contributed by atoms with Gasteiger partial charge in [-0.15, -0.1) is 0 Å².